The highest BCUT2D eigenvalue weighted by Crippen LogP contribution is 2.24. The summed E-state index contributed by atoms with van der Waals surface area (Å²) >= 11 is 0. The molecule has 1 heterocycles. The summed E-state index contributed by atoms with van der Waals surface area (Å²) in [6.45, 7) is 12.6. The molecule has 0 unspecified atom stereocenters. The van der Waals surface area contributed by atoms with E-state index in [1.165, 1.54) is 0 Å². The first-order chi connectivity index (χ1) is 14.4. The van der Waals surface area contributed by atoms with Gasteiger partial charge in [0.1, 0.15) is 6.04 Å². The third kappa shape index (κ3) is 7.95. The summed E-state index contributed by atoms with van der Waals surface area (Å²) in [5, 5.41) is 3.05. The average Bonchev–Trinajstić information content (AvgIpc) is 2.70. The minimum atomic E-state index is -0.656. The molecule has 0 aromatic heterocycles. The van der Waals surface area contributed by atoms with Gasteiger partial charge in [-0.3, -0.25) is 14.5 Å². The Morgan fingerprint density at radius 3 is 2.39 bits per heavy atom. The van der Waals surface area contributed by atoms with Crippen LogP contribution >= 0.6 is 0 Å². The Labute approximate surface area is 188 Å². The predicted octanol–water partition coefficient (Wildman–Crippen LogP) is 3.14. The van der Waals surface area contributed by atoms with Gasteiger partial charge in [-0.25, -0.2) is 4.79 Å². The third-order valence-electron chi connectivity index (χ3n) is 5.94. The second-order valence-corrected chi connectivity index (χ2v) is 9.68. The van der Waals surface area contributed by atoms with Gasteiger partial charge in [0.15, 0.2) is 0 Å². The summed E-state index contributed by atoms with van der Waals surface area (Å²) < 4.78 is 5.08. The van der Waals surface area contributed by atoms with E-state index < -0.39 is 11.5 Å². The summed E-state index contributed by atoms with van der Waals surface area (Å²) in [5.41, 5.74) is 0.0328. The summed E-state index contributed by atoms with van der Waals surface area (Å²) in [7, 11) is 3.71. The zero-order valence-electron chi connectivity index (χ0n) is 20.8. The van der Waals surface area contributed by atoms with E-state index in [9.17, 15) is 14.4 Å². The first kappa shape index (κ1) is 27.1. The van der Waals surface area contributed by atoms with Crippen molar-refractivity contribution in [3.05, 3.63) is 11.6 Å². The van der Waals surface area contributed by atoms with E-state index in [0.29, 0.717) is 12.2 Å². The summed E-state index contributed by atoms with van der Waals surface area (Å²) in [5.74, 6) is -0.606. The molecule has 1 fully saturated rings. The largest absolute Gasteiger partial charge is 0.463 e. The van der Waals surface area contributed by atoms with Gasteiger partial charge in [-0.2, -0.15) is 0 Å². The van der Waals surface area contributed by atoms with Gasteiger partial charge in [0.25, 0.3) is 0 Å². The quantitative estimate of drug-likeness (QED) is 0.443. The second kappa shape index (κ2) is 12.2. The van der Waals surface area contributed by atoms with Crippen LogP contribution in [0.15, 0.2) is 11.6 Å². The molecule has 3 atom stereocenters. The lowest BCUT2D eigenvalue weighted by Crippen LogP contribution is -2.59. The Morgan fingerprint density at radius 1 is 1.23 bits per heavy atom. The fourth-order valence-corrected chi connectivity index (χ4v) is 3.95. The lowest BCUT2D eigenvalue weighted by Gasteiger charge is -2.38. The summed E-state index contributed by atoms with van der Waals surface area (Å²) in [4.78, 5) is 42.4. The molecule has 2 amide bonds. The molecular formula is C24H43N3O4. The van der Waals surface area contributed by atoms with Gasteiger partial charge in [-0.1, -0.05) is 46.6 Å². The van der Waals surface area contributed by atoms with Gasteiger partial charge in [-0.05, 0) is 52.1 Å². The molecule has 0 radical (unpaired) electrons. The SMILES string of the molecule is CCC[C@@H](/C=C(\C)C(=O)OCC)N(C)C(=O)[C@@H](NC(=O)[C@H]1CCCCN1C)C(C)(C)C. The van der Waals surface area contributed by atoms with E-state index in [0.717, 1.165) is 38.6 Å². The Balaban J connectivity index is 3.07. The van der Waals surface area contributed by atoms with Gasteiger partial charge in [0, 0.05) is 12.6 Å². The van der Waals surface area contributed by atoms with Crippen LogP contribution in [0.1, 0.15) is 73.6 Å². The topological polar surface area (TPSA) is 79.0 Å². The van der Waals surface area contributed by atoms with E-state index in [-0.39, 0.29) is 29.9 Å². The lowest BCUT2D eigenvalue weighted by molar-refractivity contribution is -0.141. The molecule has 31 heavy (non-hydrogen) atoms. The fraction of sp³-hybridized carbons (Fsp3) is 0.792. The van der Waals surface area contributed by atoms with E-state index in [1.807, 2.05) is 34.7 Å². The van der Waals surface area contributed by atoms with Gasteiger partial charge in [-0.15, -0.1) is 0 Å². The minimum absolute atomic E-state index is 0.0887. The van der Waals surface area contributed by atoms with Crippen LogP contribution in [-0.4, -0.2) is 73.0 Å². The highest BCUT2D eigenvalue weighted by atomic mass is 16.5. The molecule has 0 aliphatic carbocycles. The normalized spacial score (nSPS) is 20.0. The van der Waals surface area contributed by atoms with Crippen molar-refractivity contribution in [2.75, 3.05) is 27.2 Å². The molecule has 0 aromatic carbocycles. The average molecular weight is 438 g/mol. The zero-order chi connectivity index (χ0) is 23.8. The van der Waals surface area contributed by atoms with Crippen molar-refractivity contribution in [2.24, 2.45) is 5.41 Å². The number of hydrogen-bond donors (Lipinski definition) is 1. The maximum absolute atomic E-state index is 13.5. The van der Waals surface area contributed by atoms with Crippen molar-refractivity contribution < 1.29 is 19.1 Å². The number of amides is 2. The Morgan fingerprint density at radius 2 is 1.87 bits per heavy atom. The Hall–Kier alpha value is -1.89. The standard InChI is InChI=1S/C24H43N3O4/c1-9-13-18(16-17(3)23(30)31-10-2)27(8)22(29)20(24(4,5)6)25-21(28)19-14-11-12-15-26(19)7/h16,18-20H,9-15H2,1-8H3,(H,25,28)/b17-16+/t18-,19+,20+/m0/s1. The van der Waals surface area contributed by atoms with E-state index in [4.69, 9.17) is 4.74 Å². The maximum atomic E-state index is 13.5. The van der Waals surface area contributed by atoms with E-state index >= 15 is 0 Å². The number of nitrogens with zero attached hydrogens (tertiary/aromatic N) is 2. The van der Waals surface area contributed by atoms with E-state index in [2.05, 4.69) is 10.2 Å². The van der Waals surface area contributed by atoms with Crippen LogP contribution in [0.25, 0.3) is 0 Å². The number of ether oxygens (including phenoxy) is 1. The number of esters is 1. The number of carbonyl (C=O) groups excluding carboxylic acids is 3. The van der Waals surface area contributed by atoms with Crippen molar-refractivity contribution in [1.29, 1.82) is 0 Å². The predicted molar refractivity (Wildman–Crippen MR) is 124 cm³/mol. The second-order valence-electron chi connectivity index (χ2n) is 9.68. The molecule has 1 N–H and O–H groups in total. The Kier molecular flexibility index (Phi) is 10.7. The van der Waals surface area contributed by atoms with Gasteiger partial charge in [0.05, 0.1) is 18.7 Å². The van der Waals surface area contributed by atoms with Crippen LogP contribution in [0.3, 0.4) is 0 Å². The van der Waals surface area contributed by atoms with Crippen LogP contribution in [-0.2, 0) is 19.1 Å². The number of rotatable bonds is 9. The highest BCUT2D eigenvalue weighted by Gasteiger charge is 2.38. The minimum Gasteiger partial charge on any atom is -0.463 e. The van der Waals surface area contributed by atoms with Crippen molar-refractivity contribution in [1.82, 2.24) is 15.1 Å². The maximum Gasteiger partial charge on any atom is 0.333 e. The van der Waals surface area contributed by atoms with Gasteiger partial charge >= 0.3 is 5.97 Å². The highest BCUT2D eigenvalue weighted by molar-refractivity contribution is 5.91. The van der Waals surface area contributed by atoms with Gasteiger partial charge < -0.3 is 15.0 Å². The molecule has 7 nitrogen and oxygen atoms in total. The van der Waals surface area contributed by atoms with E-state index in [1.54, 1.807) is 31.9 Å². The van der Waals surface area contributed by atoms with Crippen LogP contribution in [0.4, 0.5) is 0 Å². The molecule has 0 bridgehead atoms. The first-order valence-corrected chi connectivity index (χ1v) is 11.6. The Bertz CT molecular complexity index is 654. The van der Waals surface area contributed by atoms with Crippen molar-refractivity contribution in [3.63, 3.8) is 0 Å². The van der Waals surface area contributed by atoms with Crippen LogP contribution in [0, 0.1) is 5.41 Å². The molecule has 1 aliphatic rings. The molecule has 1 saturated heterocycles. The monoisotopic (exact) mass is 437 g/mol. The molecule has 1 rings (SSSR count). The number of nitrogens with one attached hydrogen (secondary N) is 1. The molecule has 0 spiro atoms. The number of likely N-dealkylation sites (N-methyl/N-ethyl adjacent to an activating group) is 2. The number of likely N-dealkylation sites (tertiary alicyclic amines) is 1. The zero-order valence-corrected chi connectivity index (χ0v) is 20.8. The van der Waals surface area contributed by atoms with Crippen LogP contribution in [0.5, 0.6) is 0 Å². The third-order valence-corrected chi connectivity index (χ3v) is 5.94. The van der Waals surface area contributed by atoms with Gasteiger partial charge in [0.2, 0.25) is 11.8 Å². The molecule has 1 aliphatic heterocycles. The number of carbonyl (C=O) groups is 3. The molecule has 0 saturated carbocycles. The molecule has 7 heteroatoms. The van der Waals surface area contributed by atoms with Crippen LogP contribution < -0.4 is 5.32 Å². The van der Waals surface area contributed by atoms with Crippen molar-refractivity contribution >= 4 is 17.8 Å². The molecule has 0 aromatic rings. The van der Waals surface area contributed by atoms with Crippen LogP contribution in [0.2, 0.25) is 0 Å². The van der Waals surface area contributed by atoms with Crippen molar-refractivity contribution in [2.45, 2.75) is 91.8 Å². The smallest absolute Gasteiger partial charge is 0.333 e. The lowest BCUT2D eigenvalue weighted by atomic mass is 9.85. The summed E-state index contributed by atoms with van der Waals surface area (Å²) in [6.07, 6.45) is 6.30. The molecule has 178 valence electrons. The fourth-order valence-electron chi connectivity index (χ4n) is 3.95. The number of piperidine rings is 1. The number of hydrogen-bond acceptors (Lipinski definition) is 5. The summed E-state index contributed by atoms with van der Waals surface area (Å²) in [6, 6.07) is -1.11. The molecular weight excluding hydrogens is 394 g/mol. The first-order valence-electron chi connectivity index (χ1n) is 11.6. The van der Waals surface area contributed by atoms with Crippen molar-refractivity contribution in [3.8, 4) is 0 Å².